The first-order chi connectivity index (χ1) is 14.3. The van der Waals surface area contributed by atoms with Gasteiger partial charge in [-0.1, -0.05) is 0 Å². The van der Waals surface area contributed by atoms with E-state index >= 15 is 0 Å². The molecule has 30 heavy (non-hydrogen) atoms. The van der Waals surface area contributed by atoms with Gasteiger partial charge in [0.1, 0.15) is 17.5 Å². The van der Waals surface area contributed by atoms with E-state index in [-0.39, 0.29) is 28.1 Å². The zero-order valence-electron chi connectivity index (χ0n) is 15.4. The minimum Gasteiger partial charge on any atom is -0.373 e. The number of alkyl halides is 3. The molecule has 9 heteroatoms. The van der Waals surface area contributed by atoms with Crippen molar-refractivity contribution in [1.29, 1.82) is 0 Å². The molecule has 0 bridgehead atoms. The molecular weight excluding hydrogens is 403 g/mol. The molecule has 0 atom stereocenters. The van der Waals surface area contributed by atoms with Crippen LogP contribution < -0.4 is 5.32 Å². The molecule has 152 valence electrons. The molecule has 0 saturated heterocycles. The van der Waals surface area contributed by atoms with Gasteiger partial charge in [-0.3, -0.25) is 4.98 Å². The van der Waals surface area contributed by atoms with Crippen LogP contribution in [0.25, 0.3) is 33.4 Å². The highest BCUT2D eigenvalue weighted by Crippen LogP contribution is 2.41. The number of rotatable bonds is 3. The molecule has 0 unspecified atom stereocenters. The topological polar surface area (TPSA) is 50.7 Å². The third-order valence-electron chi connectivity index (χ3n) is 4.52. The molecule has 0 saturated carbocycles. The van der Waals surface area contributed by atoms with E-state index in [1.807, 2.05) is 0 Å². The van der Waals surface area contributed by atoms with E-state index in [9.17, 15) is 22.0 Å². The minimum atomic E-state index is -4.79. The number of pyridine rings is 1. The molecule has 4 rings (SSSR count). The van der Waals surface area contributed by atoms with Gasteiger partial charge in [0.05, 0.1) is 11.1 Å². The average molecular weight is 416 g/mol. The third-order valence-corrected chi connectivity index (χ3v) is 4.52. The summed E-state index contributed by atoms with van der Waals surface area (Å²) < 4.78 is 69.0. The van der Waals surface area contributed by atoms with Crippen LogP contribution in [0.15, 0.2) is 54.9 Å². The first-order valence-corrected chi connectivity index (χ1v) is 8.74. The Kier molecular flexibility index (Phi) is 4.81. The van der Waals surface area contributed by atoms with E-state index in [1.54, 1.807) is 25.4 Å². The summed E-state index contributed by atoms with van der Waals surface area (Å²) in [6, 6.07) is 7.77. The van der Waals surface area contributed by atoms with Crippen LogP contribution >= 0.6 is 0 Å². The Bertz CT molecular complexity index is 1240. The standard InChI is InChI=1S/C21H13F5N4/c1-27-20-15-8-14(13-5-4-12(22)7-17(13)23)16(21(24,25)26)9-18(15)29-19(30-20)11-3-2-6-28-10-11/h2-10H,1H3,(H,27,29,30). The van der Waals surface area contributed by atoms with Gasteiger partial charge < -0.3 is 5.32 Å². The highest BCUT2D eigenvalue weighted by molar-refractivity contribution is 5.95. The van der Waals surface area contributed by atoms with Crippen LogP contribution in [0, 0.1) is 11.6 Å². The van der Waals surface area contributed by atoms with Gasteiger partial charge in [-0.2, -0.15) is 13.2 Å². The van der Waals surface area contributed by atoms with E-state index in [2.05, 4.69) is 20.3 Å². The van der Waals surface area contributed by atoms with E-state index in [0.717, 1.165) is 24.3 Å². The molecule has 0 radical (unpaired) electrons. The van der Waals surface area contributed by atoms with Crippen LogP contribution in [-0.2, 0) is 6.18 Å². The normalized spacial score (nSPS) is 11.7. The number of nitrogens with zero attached hydrogens (tertiary/aromatic N) is 3. The molecule has 0 spiro atoms. The maximum absolute atomic E-state index is 14.3. The van der Waals surface area contributed by atoms with Gasteiger partial charge >= 0.3 is 6.18 Å². The molecule has 2 heterocycles. The lowest BCUT2D eigenvalue weighted by Crippen LogP contribution is -2.09. The summed E-state index contributed by atoms with van der Waals surface area (Å²) in [7, 11) is 1.56. The lowest BCUT2D eigenvalue weighted by atomic mass is 9.96. The largest absolute Gasteiger partial charge is 0.417 e. The van der Waals surface area contributed by atoms with Crippen LogP contribution in [0.5, 0.6) is 0 Å². The molecular formula is C21H13F5N4. The second kappa shape index (κ2) is 7.33. The first kappa shape index (κ1) is 19.7. The van der Waals surface area contributed by atoms with Crippen molar-refractivity contribution in [3.63, 3.8) is 0 Å². The summed E-state index contributed by atoms with van der Waals surface area (Å²) in [5, 5.41) is 3.10. The smallest absolute Gasteiger partial charge is 0.373 e. The monoisotopic (exact) mass is 416 g/mol. The van der Waals surface area contributed by atoms with Gasteiger partial charge in [0.25, 0.3) is 0 Å². The van der Waals surface area contributed by atoms with Crippen molar-refractivity contribution in [2.45, 2.75) is 6.18 Å². The van der Waals surface area contributed by atoms with Gasteiger partial charge in [-0.15, -0.1) is 0 Å². The maximum Gasteiger partial charge on any atom is 0.417 e. The number of benzene rings is 2. The first-order valence-electron chi connectivity index (χ1n) is 8.74. The second-order valence-corrected chi connectivity index (χ2v) is 6.42. The van der Waals surface area contributed by atoms with E-state index in [4.69, 9.17) is 0 Å². The Morgan fingerprint density at radius 3 is 2.37 bits per heavy atom. The fourth-order valence-electron chi connectivity index (χ4n) is 3.16. The zero-order valence-corrected chi connectivity index (χ0v) is 15.4. The number of hydrogen-bond acceptors (Lipinski definition) is 4. The SMILES string of the molecule is CNc1nc(-c2cccnc2)nc2cc(C(F)(F)F)c(-c3ccc(F)cc3F)cc12. The molecule has 2 aromatic carbocycles. The van der Waals surface area contributed by atoms with Gasteiger partial charge in [-0.25, -0.2) is 18.7 Å². The molecule has 4 aromatic rings. The van der Waals surface area contributed by atoms with Gasteiger partial charge in [0.2, 0.25) is 0 Å². The van der Waals surface area contributed by atoms with Crippen LogP contribution in [0.2, 0.25) is 0 Å². The number of hydrogen-bond donors (Lipinski definition) is 1. The van der Waals surface area contributed by atoms with Crippen molar-refractivity contribution in [2.24, 2.45) is 0 Å². The van der Waals surface area contributed by atoms with Gasteiger partial charge in [0, 0.05) is 42.0 Å². The van der Waals surface area contributed by atoms with Crippen molar-refractivity contribution in [3.05, 3.63) is 72.1 Å². The molecule has 0 aliphatic carbocycles. The number of nitrogens with one attached hydrogen (secondary N) is 1. The Morgan fingerprint density at radius 2 is 1.73 bits per heavy atom. The summed E-state index contributed by atoms with van der Waals surface area (Å²) in [6.45, 7) is 0. The highest BCUT2D eigenvalue weighted by atomic mass is 19.4. The summed E-state index contributed by atoms with van der Waals surface area (Å²) in [5.41, 5.74) is -1.34. The van der Waals surface area contributed by atoms with E-state index < -0.39 is 28.9 Å². The molecule has 0 amide bonds. The van der Waals surface area contributed by atoms with Crippen molar-refractivity contribution in [2.75, 3.05) is 12.4 Å². The molecule has 0 aliphatic rings. The fourth-order valence-corrected chi connectivity index (χ4v) is 3.16. The van der Waals surface area contributed by atoms with Crippen molar-refractivity contribution < 1.29 is 22.0 Å². The average Bonchev–Trinajstić information content (AvgIpc) is 2.72. The Labute approximate surface area is 167 Å². The Hall–Kier alpha value is -3.62. The Morgan fingerprint density at radius 1 is 0.933 bits per heavy atom. The molecule has 4 nitrogen and oxygen atoms in total. The maximum atomic E-state index is 14.3. The van der Waals surface area contributed by atoms with E-state index in [1.165, 1.54) is 6.20 Å². The van der Waals surface area contributed by atoms with E-state index in [0.29, 0.717) is 11.6 Å². The molecule has 0 fully saturated rings. The van der Waals surface area contributed by atoms with Crippen molar-refractivity contribution in [1.82, 2.24) is 15.0 Å². The third kappa shape index (κ3) is 3.54. The second-order valence-electron chi connectivity index (χ2n) is 6.42. The summed E-state index contributed by atoms with van der Waals surface area (Å²) >= 11 is 0. The summed E-state index contributed by atoms with van der Waals surface area (Å²) in [6.07, 6.45) is -1.74. The van der Waals surface area contributed by atoms with Crippen LogP contribution in [0.4, 0.5) is 27.8 Å². The Balaban J connectivity index is 2.04. The molecule has 2 aromatic heterocycles. The number of anilines is 1. The number of halogens is 5. The van der Waals surface area contributed by atoms with Crippen molar-refractivity contribution >= 4 is 16.7 Å². The van der Waals surface area contributed by atoms with Crippen LogP contribution in [0.1, 0.15) is 5.56 Å². The van der Waals surface area contributed by atoms with Crippen molar-refractivity contribution in [3.8, 4) is 22.5 Å². The summed E-state index contributed by atoms with van der Waals surface area (Å²) in [4.78, 5) is 12.6. The minimum absolute atomic E-state index is 0.0202. The fraction of sp³-hybridized carbons (Fsp3) is 0.0952. The molecule has 1 N–H and O–H groups in total. The van der Waals surface area contributed by atoms with Gasteiger partial charge in [0.15, 0.2) is 5.82 Å². The number of aromatic nitrogens is 3. The lowest BCUT2D eigenvalue weighted by molar-refractivity contribution is -0.137. The highest BCUT2D eigenvalue weighted by Gasteiger charge is 2.35. The van der Waals surface area contributed by atoms with Gasteiger partial charge in [-0.05, 0) is 42.0 Å². The predicted octanol–water partition coefficient (Wildman–Crippen LogP) is 5.70. The lowest BCUT2D eigenvalue weighted by Gasteiger charge is -2.16. The quantitative estimate of drug-likeness (QED) is 0.436. The van der Waals surface area contributed by atoms with Crippen LogP contribution in [0.3, 0.4) is 0 Å². The number of fused-ring (bicyclic) bond motifs is 1. The summed E-state index contributed by atoms with van der Waals surface area (Å²) in [5.74, 6) is -1.53. The zero-order chi connectivity index (χ0) is 21.5. The predicted molar refractivity (Wildman–Crippen MR) is 103 cm³/mol. The van der Waals surface area contributed by atoms with Crippen LogP contribution in [-0.4, -0.2) is 22.0 Å². The molecule has 0 aliphatic heterocycles.